The molecule has 0 spiro atoms. The van der Waals surface area contributed by atoms with Crippen molar-refractivity contribution < 1.29 is 28.6 Å². The normalized spacial score (nSPS) is 27.5. The van der Waals surface area contributed by atoms with Crippen molar-refractivity contribution >= 4 is 7.60 Å². The van der Waals surface area contributed by atoms with Gasteiger partial charge in [0, 0.05) is 12.3 Å². The van der Waals surface area contributed by atoms with E-state index in [1.807, 2.05) is 4.98 Å². The van der Waals surface area contributed by atoms with Gasteiger partial charge in [-0.2, -0.15) is 0 Å². The Morgan fingerprint density at radius 3 is 2.46 bits per heavy atom. The highest BCUT2D eigenvalue weighted by Crippen LogP contribution is 2.59. The summed E-state index contributed by atoms with van der Waals surface area (Å²) in [6, 6.07) is 1.09. The number of aromatic nitrogens is 2. The molecule has 2 rings (SSSR count). The number of aliphatic hydroxyl groups excluding tert-OH is 2. The van der Waals surface area contributed by atoms with E-state index >= 15 is 0 Å². The van der Waals surface area contributed by atoms with Crippen LogP contribution in [0.2, 0.25) is 0 Å². The second-order valence-electron chi connectivity index (χ2n) is 5.12. The second kappa shape index (κ2) is 7.73. The van der Waals surface area contributed by atoms with Crippen molar-refractivity contribution in [2.24, 2.45) is 0 Å². The van der Waals surface area contributed by atoms with Crippen molar-refractivity contribution in [1.82, 2.24) is 9.55 Å². The average molecular weight is 364 g/mol. The molecule has 0 saturated carbocycles. The van der Waals surface area contributed by atoms with E-state index in [2.05, 4.69) is 0 Å². The van der Waals surface area contributed by atoms with Crippen molar-refractivity contribution in [2.75, 3.05) is 19.8 Å². The van der Waals surface area contributed by atoms with Crippen molar-refractivity contribution in [2.45, 2.75) is 37.9 Å². The lowest BCUT2D eigenvalue weighted by atomic mass is 10.2. The zero-order valence-corrected chi connectivity index (χ0v) is 14.2. The van der Waals surface area contributed by atoms with Crippen LogP contribution in [-0.4, -0.2) is 57.5 Å². The molecule has 0 amide bonds. The first-order chi connectivity index (χ1) is 11.4. The molecule has 1 aromatic heterocycles. The van der Waals surface area contributed by atoms with Crippen LogP contribution in [0, 0.1) is 0 Å². The molecule has 24 heavy (non-hydrogen) atoms. The zero-order valence-electron chi connectivity index (χ0n) is 13.3. The van der Waals surface area contributed by atoms with Crippen LogP contribution in [0.25, 0.3) is 0 Å². The number of nitrogens with one attached hydrogen (secondary N) is 1. The fourth-order valence-electron chi connectivity index (χ4n) is 2.70. The molecule has 136 valence electrons. The number of rotatable bonds is 7. The van der Waals surface area contributed by atoms with Crippen molar-refractivity contribution in [1.29, 1.82) is 0 Å². The first-order valence-electron chi connectivity index (χ1n) is 7.52. The maximum atomic E-state index is 13.0. The molecule has 1 saturated heterocycles. The van der Waals surface area contributed by atoms with Gasteiger partial charge in [-0.05, 0) is 13.8 Å². The smallest absolute Gasteiger partial charge is 0.339 e. The van der Waals surface area contributed by atoms with E-state index in [0.717, 1.165) is 16.8 Å². The van der Waals surface area contributed by atoms with Crippen LogP contribution in [0.15, 0.2) is 21.9 Å². The second-order valence-corrected chi connectivity index (χ2v) is 7.31. The number of aliphatic hydroxyl groups is 2. The maximum absolute atomic E-state index is 13.0. The van der Waals surface area contributed by atoms with Crippen LogP contribution >= 0.6 is 7.60 Å². The Morgan fingerprint density at radius 1 is 1.33 bits per heavy atom. The molecule has 10 nitrogen and oxygen atoms in total. The molecule has 1 fully saturated rings. The van der Waals surface area contributed by atoms with Gasteiger partial charge in [0.05, 0.1) is 19.8 Å². The van der Waals surface area contributed by atoms with Crippen molar-refractivity contribution in [3.63, 3.8) is 0 Å². The van der Waals surface area contributed by atoms with Gasteiger partial charge in [-0.15, -0.1) is 0 Å². The Morgan fingerprint density at radius 2 is 1.96 bits per heavy atom. The molecular weight excluding hydrogens is 343 g/mol. The first kappa shape index (κ1) is 19.0. The lowest BCUT2D eigenvalue weighted by molar-refractivity contribution is -0.0530. The molecule has 11 heteroatoms. The number of ether oxygens (including phenoxy) is 1. The SMILES string of the molecule is CCOP(=O)(OCC)[C@@H]1[C@H](O)[C@@H](n2ccc(=O)[nH]c2=O)O[C@H]1CO. The Balaban J connectivity index is 2.42. The standard InChI is InChI=1S/C13H21N2O8P/c1-3-21-24(20,22-4-2)11-8(7-16)23-12(10(11)18)15-6-5-9(17)14-13(15)19/h5-6,8,10-12,16,18H,3-4,7H2,1-2H3,(H,14,17,19)/t8-,10-,11-,12-/m0/s1. The predicted octanol–water partition coefficient (Wildman–Crippen LogP) is -0.578. The molecular formula is C13H21N2O8P. The van der Waals surface area contributed by atoms with Crippen LogP contribution in [0.1, 0.15) is 20.1 Å². The molecule has 0 bridgehead atoms. The van der Waals surface area contributed by atoms with Crippen LogP contribution in [0.5, 0.6) is 0 Å². The predicted molar refractivity (Wildman–Crippen MR) is 83.0 cm³/mol. The summed E-state index contributed by atoms with van der Waals surface area (Å²) >= 11 is 0. The van der Waals surface area contributed by atoms with Gasteiger partial charge >= 0.3 is 13.3 Å². The molecule has 0 aromatic carbocycles. The monoisotopic (exact) mass is 364 g/mol. The average Bonchev–Trinajstić information content (AvgIpc) is 2.85. The Labute approximate surface area is 137 Å². The number of aromatic amines is 1. The van der Waals surface area contributed by atoms with E-state index in [9.17, 15) is 24.4 Å². The van der Waals surface area contributed by atoms with Crippen molar-refractivity contribution in [3.8, 4) is 0 Å². The molecule has 4 atom stereocenters. The van der Waals surface area contributed by atoms with Crippen LogP contribution in [0.4, 0.5) is 0 Å². The number of hydrogen-bond donors (Lipinski definition) is 3. The number of hydrogen-bond acceptors (Lipinski definition) is 8. The highest BCUT2D eigenvalue weighted by atomic mass is 31.2. The highest BCUT2D eigenvalue weighted by Gasteiger charge is 2.55. The van der Waals surface area contributed by atoms with Crippen LogP contribution < -0.4 is 11.2 Å². The molecule has 1 aliphatic heterocycles. The summed E-state index contributed by atoms with van der Waals surface area (Å²) < 4.78 is 29.9. The van der Waals surface area contributed by atoms with Gasteiger partial charge in [0.25, 0.3) is 5.56 Å². The molecule has 1 aliphatic rings. The molecule has 0 radical (unpaired) electrons. The van der Waals surface area contributed by atoms with E-state index in [0.29, 0.717) is 0 Å². The quantitative estimate of drug-likeness (QED) is 0.546. The minimum atomic E-state index is -3.80. The zero-order chi connectivity index (χ0) is 17.9. The number of nitrogens with zero attached hydrogens (tertiary/aromatic N) is 1. The first-order valence-corrected chi connectivity index (χ1v) is 9.13. The van der Waals surface area contributed by atoms with Crippen molar-refractivity contribution in [3.05, 3.63) is 33.1 Å². The summed E-state index contributed by atoms with van der Waals surface area (Å²) in [5.74, 6) is 0. The summed E-state index contributed by atoms with van der Waals surface area (Å²) in [6.07, 6.45) is -2.61. The summed E-state index contributed by atoms with van der Waals surface area (Å²) in [6.45, 7) is 2.82. The van der Waals surface area contributed by atoms with E-state index in [4.69, 9.17) is 13.8 Å². The van der Waals surface area contributed by atoms with Gasteiger partial charge in [0.15, 0.2) is 6.23 Å². The fourth-order valence-corrected chi connectivity index (χ4v) is 4.93. The Hall–Kier alpha value is -1.29. The number of H-pyrrole nitrogens is 1. The van der Waals surface area contributed by atoms with Crippen LogP contribution in [-0.2, 0) is 18.3 Å². The Bertz CT molecular complexity index is 706. The van der Waals surface area contributed by atoms with Gasteiger partial charge < -0.3 is 24.0 Å². The third-order valence-corrected chi connectivity index (χ3v) is 6.23. The summed E-state index contributed by atoms with van der Waals surface area (Å²) in [7, 11) is -3.80. The lowest BCUT2D eigenvalue weighted by Crippen LogP contribution is -2.38. The molecule has 3 N–H and O–H groups in total. The third kappa shape index (κ3) is 3.53. The largest absolute Gasteiger partial charge is 0.394 e. The van der Waals surface area contributed by atoms with Crippen LogP contribution in [0.3, 0.4) is 0 Å². The minimum Gasteiger partial charge on any atom is -0.394 e. The topological polar surface area (TPSA) is 140 Å². The van der Waals surface area contributed by atoms with E-state index < -0.39 is 49.5 Å². The fraction of sp³-hybridized carbons (Fsp3) is 0.692. The molecule has 0 aliphatic carbocycles. The van der Waals surface area contributed by atoms with E-state index in [-0.39, 0.29) is 13.2 Å². The van der Waals surface area contributed by atoms with Gasteiger partial charge in [-0.25, -0.2) is 4.79 Å². The molecule has 0 unspecified atom stereocenters. The van der Waals surface area contributed by atoms with Gasteiger partial charge in [0.1, 0.15) is 17.9 Å². The van der Waals surface area contributed by atoms with Gasteiger partial charge in [-0.1, -0.05) is 0 Å². The third-order valence-electron chi connectivity index (χ3n) is 3.63. The maximum Gasteiger partial charge on any atom is 0.339 e. The minimum absolute atomic E-state index is 0.0713. The Kier molecular flexibility index (Phi) is 6.13. The highest BCUT2D eigenvalue weighted by molar-refractivity contribution is 7.54. The van der Waals surface area contributed by atoms with E-state index in [1.54, 1.807) is 13.8 Å². The van der Waals surface area contributed by atoms with Gasteiger partial charge in [-0.3, -0.25) is 18.9 Å². The summed E-state index contributed by atoms with van der Waals surface area (Å²) in [5.41, 5.74) is -2.58. The summed E-state index contributed by atoms with van der Waals surface area (Å²) in [4.78, 5) is 25.1. The van der Waals surface area contributed by atoms with Gasteiger partial charge in [0.2, 0.25) is 0 Å². The van der Waals surface area contributed by atoms with E-state index in [1.165, 1.54) is 0 Å². The lowest BCUT2D eigenvalue weighted by Gasteiger charge is -2.27. The molecule has 1 aromatic rings. The molecule has 2 heterocycles. The summed E-state index contributed by atoms with van der Waals surface area (Å²) in [5, 5.41) is 20.1.